The fourth-order valence-electron chi connectivity index (χ4n) is 3.83. The van der Waals surface area contributed by atoms with Gasteiger partial charge in [0.1, 0.15) is 22.7 Å². The monoisotopic (exact) mass is 500 g/mol. The SMILES string of the molecule is C[C@@H]1CN(c2cccc(Cn3cc(-c4nc(N)nc5c(Br)csc45)nn3)n2)C[C@H](C)O1. The van der Waals surface area contributed by atoms with Crippen LogP contribution in [0.2, 0.25) is 0 Å². The molecule has 0 aliphatic carbocycles. The first-order valence-electron chi connectivity index (χ1n) is 9.93. The highest BCUT2D eigenvalue weighted by Crippen LogP contribution is 2.35. The largest absolute Gasteiger partial charge is 0.372 e. The highest BCUT2D eigenvalue weighted by Gasteiger charge is 2.23. The van der Waals surface area contributed by atoms with E-state index in [1.54, 1.807) is 16.0 Å². The zero-order chi connectivity index (χ0) is 21.5. The molecule has 160 valence electrons. The number of nitrogens with two attached hydrogens (primary N) is 1. The molecule has 0 saturated carbocycles. The van der Waals surface area contributed by atoms with Gasteiger partial charge in [0.05, 0.1) is 39.8 Å². The minimum atomic E-state index is 0.182. The van der Waals surface area contributed by atoms with Crippen LogP contribution in [0.3, 0.4) is 0 Å². The van der Waals surface area contributed by atoms with Gasteiger partial charge in [0.15, 0.2) is 0 Å². The van der Waals surface area contributed by atoms with Crippen molar-refractivity contribution in [3.05, 3.63) is 39.9 Å². The summed E-state index contributed by atoms with van der Waals surface area (Å²) in [6.07, 6.45) is 2.23. The zero-order valence-electron chi connectivity index (χ0n) is 17.1. The Morgan fingerprint density at radius 2 is 2.00 bits per heavy atom. The number of nitrogen functional groups attached to an aromatic ring is 1. The lowest BCUT2D eigenvalue weighted by Gasteiger charge is -2.36. The predicted octanol–water partition coefficient (Wildman–Crippen LogP) is 3.35. The fourth-order valence-corrected chi connectivity index (χ4v) is 5.39. The molecule has 31 heavy (non-hydrogen) atoms. The first-order chi connectivity index (χ1) is 15.0. The van der Waals surface area contributed by atoms with Gasteiger partial charge in [-0.3, -0.25) is 0 Å². The summed E-state index contributed by atoms with van der Waals surface area (Å²) in [5, 5.41) is 10.6. The van der Waals surface area contributed by atoms with Gasteiger partial charge in [0.2, 0.25) is 5.95 Å². The smallest absolute Gasteiger partial charge is 0.221 e. The minimum absolute atomic E-state index is 0.182. The first-order valence-corrected chi connectivity index (χ1v) is 11.6. The summed E-state index contributed by atoms with van der Waals surface area (Å²) in [7, 11) is 0. The summed E-state index contributed by atoms with van der Waals surface area (Å²) < 4.78 is 9.41. The van der Waals surface area contributed by atoms with Crippen molar-refractivity contribution < 1.29 is 4.74 Å². The molecule has 0 unspecified atom stereocenters. The van der Waals surface area contributed by atoms with Crippen molar-refractivity contribution in [2.75, 3.05) is 23.7 Å². The van der Waals surface area contributed by atoms with Crippen molar-refractivity contribution in [2.45, 2.75) is 32.6 Å². The van der Waals surface area contributed by atoms with Crippen molar-refractivity contribution >= 4 is 49.2 Å². The van der Waals surface area contributed by atoms with E-state index in [1.165, 1.54) is 0 Å². The predicted molar refractivity (Wildman–Crippen MR) is 124 cm³/mol. The summed E-state index contributed by atoms with van der Waals surface area (Å²) in [5.41, 5.74) is 8.94. The number of halogens is 1. The quantitative estimate of drug-likeness (QED) is 0.454. The molecule has 0 aromatic carbocycles. The summed E-state index contributed by atoms with van der Waals surface area (Å²) in [4.78, 5) is 15.8. The topological polar surface area (TPSA) is 108 Å². The molecule has 1 aliphatic rings. The van der Waals surface area contributed by atoms with Gasteiger partial charge in [0.25, 0.3) is 0 Å². The molecule has 4 aromatic rings. The van der Waals surface area contributed by atoms with Gasteiger partial charge in [-0.2, -0.15) is 0 Å². The molecule has 1 fully saturated rings. The van der Waals surface area contributed by atoms with Crippen LogP contribution in [0.5, 0.6) is 0 Å². The molecule has 2 N–H and O–H groups in total. The summed E-state index contributed by atoms with van der Waals surface area (Å²) in [6, 6.07) is 6.06. The Kier molecular flexibility index (Phi) is 5.32. The van der Waals surface area contributed by atoms with Crippen molar-refractivity contribution in [3.63, 3.8) is 0 Å². The van der Waals surface area contributed by atoms with Gasteiger partial charge in [-0.15, -0.1) is 16.4 Å². The molecule has 0 radical (unpaired) electrons. The molecule has 2 atom stereocenters. The lowest BCUT2D eigenvalue weighted by Crippen LogP contribution is -2.45. The molecule has 5 heterocycles. The zero-order valence-corrected chi connectivity index (χ0v) is 19.5. The Morgan fingerprint density at radius 3 is 2.81 bits per heavy atom. The van der Waals surface area contributed by atoms with E-state index in [0.29, 0.717) is 17.9 Å². The molecule has 9 nitrogen and oxygen atoms in total. The van der Waals surface area contributed by atoms with Gasteiger partial charge >= 0.3 is 0 Å². The summed E-state index contributed by atoms with van der Waals surface area (Å²) >= 11 is 5.05. The van der Waals surface area contributed by atoms with Gasteiger partial charge in [0, 0.05) is 18.5 Å². The number of ether oxygens (including phenoxy) is 1. The molecule has 4 aromatic heterocycles. The Labute approximate surface area is 191 Å². The molecule has 5 rings (SSSR count). The van der Waals surface area contributed by atoms with Crippen LogP contribution in [0.1, 0.15) is 19.5 Å². The second kappa shape index (κ2) is 8.13. The second-order valence-corrected chi connectivity index (χ2v) is 9.38. The first kappa shape index (κ1) is 20.3. The number of thiophene rings is 1. The van der Waals surface area contributed by atoms with Gasteiger partial charge in [-0.25, -0.2) is 19.6 Å². The van der Waals surface area contributed by atoms with E-state index in [9.17, 15) is 0 Å². The van der Waals surface area contributed by atoms with Crippen molar-refractivity contribution in [3.8, 4) is 11.4 Å². The van der Waals surface area contributed by atoms with Gasteiger partial charge in [-0.1, -0.05) is 11.3 Å². The highest BCUT2D eigenvalue weighted by molar-refractivity contribution is 9.10. The summed E-state index contributed by atoms with van der Waals surface area (Å²) in [5.74, 6) is 1.16. The lowest BCUT2D eigenvalue weighted by molar-refractivity contribution is -0.00547. The van der Waals surface area contributed by atoms with Gasteiger partial charge in [-0.05, 0) is 41.9 Å². The van der Waals surface area contributed by atoms with E-state index < -0.39 is 0 Å². The fraction of sp³-hybridized carbons (Fsp3) is 0.350. The number of aromatic nitrogens is 6. The van der Waals surface area contributed by atoms with Crippen LogP contribution < -0.4 is 10.6 Å². The number of morpholine rings is 1. The summed E-state index contributed by atoms with van der Waals surface area (Å²) in [6.45, 7) is 6.35. The Bertz CT molecular complexity index is 1230. The molecular formula is C20H21BrN8OS. The number of hydrogen-bond donors (Lipinski definition) is 1. The number of pyridine rings is 1. The van der Waals surface area contributed by atoms with Crippen LogP contribution in [0.15, 0.2) is 34.2 Å². The maximum absolute atomic E-state index is 5.91. The third-order valence-corrected chi connectivity index (χ3v) is 6.91. The molecule has 0 spiro atoms. The van der Waals surface area contributed by atoms with Crippen molar-refractivity contribution in [1.82, 2.24) is 29.9 Å². The van der Waals surface area contributed by atoms with E-state index >= 15 is 0 Å². The van der Waals surface area contributed by atoms with Crippen LogP contribution in [0, 0.1) is 0 Å². The van der Waals surface area contributed by atoms with Crippen LogP contribution in [-0.4, -0.2) is 55.2 Å². The number of nitrogens with zero attached hydrogens (tertiary/aromatic N) is 7. The molecule has 0 amide bonds. The normalized spacial score (nSPS) is 19.3. The maximum Gasteiger partial charge on any atom is 0.221 e. The molecule has 11 heteroatoms. The van der Waals surface area contributed by atoms with Crippen LogP contribution in [-0.2, 0) is 11.3 Å². The van der Waals surface area contributed by atoms with Crippen LogP contribution in [0.4, 0.5) is 11.8 Å². The number of fused-ring (bicyclic) bond motifs is 1. The van der Waals surface area contributed by atoms with E-state index in [0.717, 1.165) is 39.3 Å². The van der Waals surface area contributed by atoms with Gasteiger partial charge < -0.3 is 15.4 Å². The Hall–Kier alpha value is -2.63. The molecule has 0 bridgehead atoms. The van der Waals surface area contributed by atoms with Crippen LogP contribution in [0.25, 0.3) is 21.6 Å². The molecule has 1 saturated heterocycles. The maximum atomic E-state index is 5.91. The third kappa shape index (κ3) is 4.12. The average molecular weight is 501 g/mol. The minimum Gasteiger partial charge on any atom is -0.372 e. The van der Waals surface area contributed by atoms with E-state index in [-0.39, 0.29) is 18.2 Å². The number of rotatable bonds is 4. The van der Waals surface area contributed by atoms with E-state index in [2.05, 4.69) is 55.0 Å². The highest BCUT2D eigenvalue weighted by atomic mass is 79.9. The number of anilines is 2. The van der Waals surface area contributed by atoms with Crippen molar-refractivity contribution in [2.24, 2.45) is 0 Å². The second-order valence-electron chi connectivity index (χ2n) is 7.64. The standard InChI is InChI=1S/C20H21BrN8OS/c1-11-6-28(7-12(2)30-11)16-5-3-4-13(23-16)8-29-9-15(26-27-29)18-19-17(14(21)10-31-19)24-20(22)25-18/h3-5,9-12H,6-8H2,1-2H3,(H2,22,24,25)/t11-,12+. The van der Waals surface area contributed by atoms with E-state index in [1.807, 2.05) is 29.8 Å². The average Bonchev–Trinajstić information content (AvgIpc) is 3.34. The van der Waals surface area contributed by atoms with Crippen molar-refractivity contribution in [1.29, 1.82) is 0 Å². The molecular weight excluding hydrogens is 480 g/mol. The van der Waals surface area contributed by atoms with Crippen LogP contribution >= 0.6 is 27.3 Å². The van der Waals surface area contributed by atoms with E-state index in [4.69, 9.17) is 15.5 Å². The molecule has 1 aliphatic heterocycles. The lowest BCUT2D eigenvalue weighted by atomic mass is 10.2. The third-order valence-electron chi connectivity index (χ3n) is 5.03. The number of hydrogen-bond acceptors (Lipinski definition) is 9. The Balaban J connectivity index is 1.40. The Morgan fingerprint density at radius 1 is 1.19 bits per heavy atom.